The lowest BCUT2D eigenvalue weighted by Gasteiger charge is -2.26. The topological polar surface area (TPSA) is 123 Å². The number of nitrogens with zero attached hydrogens (tertiary/aromatic N) is 3. The van der Waals surface area contributed by atoms with Crippen LogP contribution in [-0.4, -0.2) is 44.1 Å². The zero-order valence-corrected chi connectivity index (χ0v) is 17.1. The smallest absolute Gasteiger partial charge is 0.234 e. The lowest BCUT2D eigenvalue weighted by atomic mass is 9.96. The van der Waals surface area contributed by atoms with Gasteiger partial charge in [0.2, 0.25) is 5.88 Å². The lowest BCUT2D eigenvalue weighted by Crippen LogP contribution is -2.38. The number of ether oxygens (including phenoxy) is 4. The normalized spacial score (nSPS) is 14.3. The second-order valence-electron chi connectivity index (χ2n) is 6.91. The van der Waals surface area contributed by atoms with Crippen LogP contribution in [0.2, 0.25) is 0 Å². The van der Waals surface area contributed by atoms with E-state index in [0.717, 1.165) is 12.8 Å². The van der Waals surface area contributed by atoms with Gasteiger partial charge in [0.25, 0.3) is 0 Å². The highest BCUT2D eigenvalue weighted by molar-refractivity contribution is 5.82. The molecule has 1 aliphatic rings. The maximum atomic E-state index is 9.82. The summed E-state index contributed by atoms with van der Waals surface area (Å²) in [5.41, 5.74) is 7.36. The summed E-state index contributed by atoms with van der Waals surface area (Å²) in [6.07, 6.45) is 1.66. The van der Waals surface area contributed by atoms with Crippen molar-refractivity contribution in [3.8, 4) is 34.9 Å². The molecule has 8 heteroatoms. The first-order valence-corrected chi connectivity index (χ1v) is 9.75. The van der Waals surface area contributed by atoms with Gasteiger partial charge in [-0.05, 0) is 24.1 Å². The zero-order chi connectivity index (χ0) is 21.5. The van der Waals surface area contributed by atoms with Crippen LogP contribution >= 0.6 is 0 Å². The Labute approximate surface area is 175 Å². The number of pyridine rings is 1. The fourth-order valence-electron chi connectivity index (χ4n) is 3.13. The number of hydrogen-bond donors (Lipinski definition) is 1. The van der Waals surface area contributed by atoms with Crippen LogP contribution in [0.1, 0.15) is 30.9 Å². The standard InChI is InChI=1S/C22H24N4O4/c1-3-4-16(27-2)13-29-22-19(10-24)20(18(9-23)21(25)26-22)14-5-7-15(8-6-14)30-17-11-28-12-17/h5-8,16-17H,3-4,11-13H2,1-2H3,(H2,25,26). The summed E-state index contributed by atoms with van der Waals surface area (Å²) >= 11 is 0. The molecular formula is C22H24N4O4. The summed E-state index contributed by atoms with van der Waals surface area (Å²) in [4.78, 5) is 4.16. The van der Waals surface area contributed by atoms with E-state index in [1.54, 1.807) is 31.4 Å². The zero-order valence-electron chi connectivity index (χ0n) is 17.1. The molecule has 2 N–H and O–H groups in total. The molecule has 1 unspecified atom stereocenters. The quantitative estimate of drug-likeness (QED) is 0.671. The minimum absolute atomic E-state index is 0.0119. The van der Waals surface area contributed by atoms with Gasteiger partial charge in [-0.15, -0.1) is 0 Å². The van der Waals surface area contributed by atoms with Gasteiger partial charge in [0.1, 0.15) is 47.5 Å². The molecule has 30 heavy (non-hydrogen) atoms. The van der Waals surface area contributed by atoms with Gasteiger partial charge >= 0.3 is 0 Å². The van der Waals surface area contributed by atoms with E-state index >= 15 is 0 Å². The van der Waals surface area contributed by atoms with Gasteiger partial charge in [-0.3, -0.25) is 0 Å². The van der Waals surface area contributed by atoms with E-state index in [1.165, 1.54) is 0 Å². The average Bonchev–Trinajstić information content (AvgIpc) is 2.73. The molecule has 1 aliphatic heterocycles. The lowest BCUT2D eigenvalue weighted by molar-refractivity contribution is -0.0796. The van der Waals surface area contributed by atoms with Crippen LogP contribution in [-0.2, 0) is 9.47 Å². The molecular weight excluding hydrogens is 384 g/mol. The van der Waals surface area contributed by atoms with Crippen LogP contribution in [0.25, 0.3) is 11.1 Å². The Morgan fingerprint density at radius 3 is 2.43 bits per heavy atom. The molecule has 1 saturated heterocycles. The Kier molecular flexibility index (Phi) is 7.08. The number of aromatic nitrogens is 1. The van der Waals surface area contributed by atoms with E-state index in [1.807, 2.05) is 6.92 Å². The van der Waals surface area contributed by atoms with Crippen LogP contribution in [0.4, 0.5) is 5.82 Å². The molecule has 1 fully saturated rings. The fraction of sp³-hybridized carbons (Fsp3) is 0.409. The molecule has 0 spiro atoms. The van der Waals surface area contributed by atoms with Crippen LogP contribution in [0.15, 0.2) is 24.3 Å². The van der Waals surface area contributed by atoms with Gasteiger partial charge < -0.3 is 24.7 Å². The van der Waals surface area contributed by atoms with Crippen molar-refractivity contribution in [2.24, 2.45) is 0 Å². The Morgan fingerprint density at radius 1 is 1.20 bits per heavy atom. The van der Waals surface area contributed by atoms with Gasteiger partial charge in [-0.25, -0.2) is 0 Å². The van der Waals surface area contributed by atoms with E-state index in [2.05, 4.69) is 17.1 Å². The Bertz CT molecular complexity index is 959. The van der Waals surface area contributed by atoms with E-state index in [0.29, 0.717) is 30.1 Å². The molecule has 0 aliphatic carbocycles. The van der Waals surface area contributed by atoms with Crippen molar-refractivity contribution >= 4 is 5.82 Å². The minimum Gasteiger partial charge on any atom is -0.486 e. The number of hydrogen-bond acceptors (Lipinski definition) is 8. The number of methoxy groups -OCH3 is 1. The second kappa shape index (κ2) is 9.93. The molecule has 2 heterocycles. The molecule has 0 radical (unpaired) electrons. The van der Waals surface area contributed by atoms with Gasteiger partial charge in [-0.2, -0.15) is 15.5 Å². The number of nitriles is 2. The van der Waals surface area contributed by atoms with Gasteiger partial charge in [0.05, 0.1) is 19.3 Å². The van der Waals surface area contributed by atoms with Crippen LogP contribution in [0.3, 0.4) is 0 Å². The maximum absolute atomic E-state index is 9.82. The van der Waals surface area contributed by atoms with Gasteiger partial charge in [0.15, 0.2) is 0 Å². The third-order valence-corrected chi connectivity index (χ3v) is 4.82. The number of benzene rings is 1. The van der Waals surface area contributed by atoms with E-state index in [4.69, 9.17) is 24.7 Å². The first-order chi connectivity index (χ1) is 14.6. The molecule has 156 valence electrons. The Hall–Kier alpha value is -3.33. The van der Waals surface area contributed by atoms with E-state index < -0.39 is 0 Å². The first-order valence-electron chi connectivity index (χ1n) is 9.75. The van der Waals surface area contributed by atoms with Gasteiger partial charge in [0, 0.05) is 12.7 Å². The molecule has 2 aromatic rings. The monoisotopic (exact) mass is 408 g/mol. The molecule has 3 rings (SSSR count). The van der Waals surface area contributed by atoms with Crippen LogP contribution in [0.5, 0.6) is 11.6 Å². The number of anilines is 1. The largest absolute Gasteiger partial charge is 0.486 e. The van der Waals surface area contributed by atoms with E-state index in [9.17, 15) is 10.5 Å². The molecule has 1 aromatic carbocycles. The van der Waals surface area contributed by atoms with Crippen molar-refractivity contribution in [1.29, 1.82) is 10.5 Å². The van der Waals surface area contributed by atoms with Crippen molar-refractivity contribution in [2.45, 2.75) is 32.0 Å². The molecule has 1 atom stereocenters. The van der Waals surface area contributed by atoms with Crippen LogP contribution in [0, 0.1) is 22.7 Å². The SMILES string of the molecule is CCCC(COc1nc(N)c(C#N)c(-c2ccc(OC3COC3)cc2)c1C#N)OC. The summed E-state index contributed by atoms with van der Waals surface area (Å²) in [5, 5.41) is 19.5. The average molecular weight is 408 g/mol. The predicted molar refractivity (Wildman–Crippen MR) is 110 cm³/mol. The highest BCUT2D eigenvalue weighted by Crippen LogP contribution is 2.36. The molecule has 0 saturated carbocycles. The van der Waals surface area contributed by atoms with Crippen molar-refractivity contribution < 1.29 is 18.9 Å². The summed E-state index contributed by atoms with van der Waals surface area (Å²) in [6, 6.07) is 11.3. The van der Waals surface area contributed by atoms with Crippen molar-refractivity contribution in [2.75, 3.05) is 32.7 Å². The molecule has 0 bridgehead atoms. The molecule has 1 aromatic heterocycles. The van der Waals surface area contributed by atoms with Crippen LogP contribution < -0.4 is 15.2 Å². The number of nitrogens with two attached hydrogens (primary N) is 1. The highest BCUT2D eigenvalue weighted by atomic mass is 16.6. The fourth-order valence-corrected chi connectivity index (χ4v) is 3.13. The predicted octanol–water partition coefficient (Wildman–Crippen LogP) is 3.05. The summed E-state index contributed by atoms with van der Waals surface area (Å²) in [7, 11) is 1.61. The Morgan fingerprint density at radius 2 is 1.90 bits per heavy atom. The van der Waals surface area contributed by atoms with Crippen molar-refractivity contribution in [3.63, 3.8) is 0 Å². The molecule has 8 nitrogen and oxygen atoms in total. The maximum Gasteiger partial charge on any atom is 0.234 e. The Balaban J connectivity index is 1.94. The summed E-state index contributed by atoms with van der Waals surface area (Å²) in [5.74, 6) is 0.789. The van der Waals surface area contributed by atoms with E-state index in [-0.39, 0.29) is 41.6 Å². The first kappa shape index (κ1) is 21.4. The van der Waals surface area contributed by atoms with Crippen molar-refractivity contribution in [3.05, 3.63) is 35.4 Å². The second-order valence-corrected chi connectivity index (χ2v) is 6.91. The number of rotatable bonds is 9. The highest BCUT2D eigenvalue weighted by Gasteiger charge is 2.23. The summed E-state index contributed by atoms with van der Waals surface area (Å²) in [6.45, 7) is 3.42. The van der Waals surface area contributed by atoms with Crippen molar-refractivity contribution in [1.82, 2.24) is 4.98 Å². The minimum atomic E-state index is -0.129. The van der Waals surface area contributed by atoms with Gasteiger partial charge in [-0.1, -0.05) is 25.5 Å². The molecule has 0 amide bonds. The third-order valence-electron chi connectivity index (χ3n) is 4.82. The third kappa shape index (κ3) is 4.62. The number of nitrogen functional groups attached to an aromatic ring is 1. The summed E-state index contributed by atoms with van der Waals surface area (Å²) < 4.78 is 22.1.